The number of carbonyl (C=O) groups excluding carboxylic acids is 1. The lowest BCUT2D eigenvalue weighted by Gasteiger charge is -2.25. The highest BCUT2D eigenvalue weighted by Crippen LogP contribution is 2.42. The van der Waals surface area contributed by atoms with Crippen LogP contribution in [0.3, 0.4) is 0 Å². The third kappa shape index (κ3) is 4.67. The summed E-state index contributed by atoms with van der Waals surface area (Å²) in [5, 5.41) is 0.843. The SMILES string of the molecule is CCCCCCOc1ccc(C2c3c(oc4ccccc4c3=O)C(=O)N2c2ccc(Cl)cn2)cc1OC. The van der Waals surface area contributed by atoms with Crippen LogP contribution >= 0.6 is 11.6 Å². The van der Waals surface area contributed by atoms with Crippen LogP contribution in [0.4, 0.5) is 5.82 Å². The molecule has 0 fully saturated rings. The number of hydrogen-bond donors (Lipinski definition) is 0. The van der Waals surface area contributed by atoms with Crippen molar-refractivity contribution in [2.45, 2.75) is 38.6 Å². The van der Waals surface area contributed by atoms with Gasteiger partial charge >= 0.3 is 0 Å². The summed E-state index contributed by atoms with van der Waals surface area (Å²) in [4.78, 5) is 33.2. The molecule has 3 heterocycles. The molecule has 1 aliphatic heterocycles. The zero-order valence-corrected chi connectivity index (χ0v) is 21.5. The topological polar surface area (TPSA) is 81.9 Å². The molecule has 1 atom stereocenters. The van der Waals surface area contributed by atoms with Crippen molar-refractivity contribution < 1.29 is 18.7 Å². The number of halogens is 1. The molecule has 1 amide bonds. The summed E-state index contributed by atoms with van der Waals surface area (Å²) in [7, 11) is 1.57. The number of anilines is 1. The highest BCUT2D eigenvalue weighted by Gasteiger charge is 2.44. The zero-order chi connectivity index (χ0) is 25.9. The highest BCUT2D eigenvalue weighted by molar-refractivity contribution is 6.30. The predicted octanol–water partition coefficient (Wildman–Crippen LogP) is 6.56. The number of benzene rings is 2. The van der Waals surface area contributed by atoms with Gasteiger partial charge in [-0.05, 0) is 48.4 Å². The standard InChI is InChI=1S/C29H27ClN2O5/c1-3-4-5-8-15-36-22-13-11-18(16-23(22)35-2)26-25-27(33)20-9-6-7-10-21(20)37-28(25)29(34)32(26)24-14-12-19(30)17-31-24/h6-7,9-14,16-17,26H,3-5,8,15H2,1-2H3. The molecule has 0 saturated carbocycles. The minimum absolute atomic E-state index is 0.000618. The zero-order valence-electron chi connectivity index (χ0n) is 20.7. The van der Waals surface area contributed by atoms with Crippen LogP contribution in [0.5, 0.6) is 11.5 Å². The molecule has 0 spiro atoms. The van der Waals surface area contributed by atoms with Crippen LogP contribution in [-0.4, -0.2) is 24.6 Å². The van der Waals surface area contributed by atoms with Crippen molar-refractivity contribution in [1.29, 1.82) is 0 Å². The van der Waals surface area contributed by atoms with Crippen LogP contribution in [0.25, 0.3) is 11.0 Å². The Morgan fingerprint density at radius 3 is 2.62 bits per heavy atom. The number of carbonyl (C=O) groups is 1. The smallest absolute Gasteiger partial charge is 0.296 e. The van der Waals surface area contributed by atoms with E-state index in [9.17, 15) is 9.59 Å². The van der Waals surface area contributed by atoms with Crippen LogP contribution < -0.4 is 19.8 Å². The van der Waals surface area contributed by atoms with Gasteiger partial charge in [0.25, 0.3) is 5.91 Å². The van der Waals surface area contributed by atoms with E-state index < -0.39 is 11.9 Å². The molecule has 5 rings (SSSR count). The average Bonchev–Trinajstić information content (AvgIpc) is 3.21. The molecule has 0 radical (unpaired) electrons. The van der Waals surface area contributed by atoms with Gasteiger partial charge in [-0.1, -0.05) is 56.0 Å². The van der Waals surface area contributed by atoms with E-state index in [1.165, 1.54) is 17.5 Å². The summed E-state index contributed by atoms with van der Waals surface area (Å²) in [6.07, 6.45) is 5.84. The molecule has 2 aromatic heterocycles. The molecule has 1 aliphatic rings. The lowest BCUT2D eigenvalue weighted by molar-refractivity contribution is 0.0970. The summed E-state index contributed by atoms with van der Waals surface area (Å²) >= 11 is 6.06. The second-order valence-electron chi connectivity index (χ2n) is 8.90. The molecule has 0 N–H and O–H groups in total. The Balaban J connectivity index is 1.61. The minimum atomic E-state index is -0.774. The average molecular weight is 519 g/mol. The molecule has 7 nitrogen and oxygen atoms in total. The van der Waals surface area contributed by atoms with Gasteiger partial charge in [-0.3, -0.25) is 14.5 Å². The van der Waals surface area contributed by atoms with Gasteiger partial charge in [0.1, 0.15) is 11.4 Å². The Bertz CT molecular complexity index is 1500. The molecule has 2 aromatic carbocycles. The predicted molar refractivity (Wildman–Crippen MR) is 143 cm³/mol. The number of aromatic nitrogens is 1. The van der Waals surface area contributed by atoms with Crippen molar-refractivity contribution in [1.82, 2.24) is 4.98 Å². The highest BCUT2D eigenvalue weighted by atomic mass is 35.5. The number of nitrogens with zero attached hydrogens (tertiary/aromatic N) is 2. The van der Waals surface area contributed by atoms with Crippen LogP contribution in [0.1, 0.15) is 60.3 Å². The van der Waals surface area contributed by atoms with E-state index in [-0.39, 0.29) is 16.8 Å². The number of methoxy groups -OCH3 is 1. The quantitative estimate of drug-likeness (QED) is 0.233. The van der Waals surface area contributed by atoms with Crippen LogP contribution in [0.15, 0.2) is 70.0 Å². The van der Waals surface area contributed by atoms with E-state index in [0.29, 0.717) is 45.5 Å². The van der Waals surface area contributed by atoms with Gasteiger partial charge in [0.15, 0.2) is 16.9 Å². The number of rotatable bonds is 9. The third-order valence-corrected chi connectivity index (χ3v) is 6.72. The normalized spacial score (nSPS) is 14.7. The fraction of sp³-hybridized carbons (Fsp3) is 0.276. The number of ether oxygens (including phenoxy) is 2. The van der Waals surface area contributed by atoms with Crippen molar-refractivity contribution in [3.05, 3.63) is 92.9 Å². The van der Waals surface area contributed by atoms with Gasteiger partial charge in [-0.2, -0.15) is 0 Å². The summed E-state index contributed by atoms with van der Waals surface area (Å²) in [6, 6.07) is 14.9. The van der Waals surface area contributed by atoms with Crippen molar-refractivity contribution in [3.8, 4) is 11.5 Å². The maximum absolute atomic E-state index is 13.7. The fourth-order valence-corrected chi connectivity index (χ4v) is 4.78. The monoisotopic (exact) mass is 518 g/mol. The third-order valence-electron chi connectivity index (χ3n) is 6.50. The molecule has 37 heavy (non-hydrogen) atoms. The first kappa shape index (κ1) is 24.8. The largest absolute Gasteiger partial charge is 0.493 e. The summed E-state index contributed by atoms with van der Waals surface area (Å²) in [5.74, 6) is 1.02. The van der Waals surface area contributed by atoms with E-state index in [0.717, 1.165) is 19.3 Å². The van der Waals surface area contributed by atoms with Gasteiger partial charge in [0.2, 0.25) is 5.76 Å². The van der Waals surface area contributed by atoms with Crippen molar-refractivity contribution in [2.75, 3.05) is 18.6 Å². The summed E-state index contributed by atoms with van der Waals surface area (Å²) in [6.45, 7) is 2.75. The van der Waals surface area contributed by atoms with E-state index in [1.54, 1.807) is 49.6 Å². The van der Waals surface area contributed by atoms with Crippen molar-refractivity contribution >= 4 is 34.3 Å². The first-order valence-electron chi connectivity index (χ1n) is 12.3. The minimum Gasteiger partial charge on any atom is -0.493 e. The van der Waals surface area contributed by atoms with E-state index in [1.807, 2.05) is 12.1 Å². The molecule has 0 saturated heterocycles. The molecule has 0 aliphatic carbocycles. The first-order chi connectivity index (χ1) is 18.0. The van der Waals surface area contributed by atoms with Crippen LogP contribution in [-0.2, 0) is 0 Å². The lowest BCUT2D eigenvalue weighted by atomic mass is 9.98. The number of para-hydroxylation sites is 1. The van der Waals surface area contributed by atoms with E-state index in [4.69, 9.17) is 25.5 Å². The Labute approximate surface area is 219 Å². The lowest BCUT2D eigenvalue weighted by Crippen LogP contribution is -2.30. The molecule has 1 unspecified atom stereocenters. The molecule has 4 aromatic rings. The maximum Gasteiger partial charge on any atom is 0.296 e. The number of amides is 1. The number of pyridine rings is 1. The van der Waals surface area contributed by atoms with E-state index in [2.05, 4.69) is 11.9 Å². The molecule has 8 heteroatoms. The maximum atomic E-state index is 13.7. The molecule has 190 valence electrons. The Kier molecular flexibility index (Phi) is 7.15. The molecule has 0 bridgehead atoms. The molecular weight excluding hydrogens is 492 g/mol. The Morgan fingerprint density at radius 2 is 1.86 bits per heavy atom. The number of hydrogen-bond acceptors (Lipinski definition) is 6. The van der Waals surface area contributed by atoms with Gasteiger partial charge in [-0.25, -0.2) is 4.98 Å². The van der Waals surface area contributed by atoms with Crippen LogP contribution in [0, 0.1) is 0 Å². The second-order valence-corrected chi connectivity index (χ2v) is 9.34. The van der Waals surface area contributed by atoms with E-state index >= 15 is 0 Å². The second kappa shape index (κ2) is 10.6. The fourth-order valence-electron chi connectivity index (χ4n) is 4.67. The molecular formula is C29H27ClN2O5. The van der Waals surface area contributed by atoms with Gasteiger partial charge < -0.3 is 13.9 Å². The first-order valence-corrected chi connectivity index (χ1v) is 12.7. The van der Waals surface area contributed by atoms with Gasteiger partial charge in [-0.15, -0.1) is 0 Å². The van der Waals surface area contributed by atoms with Crippen molar-refractivity contribution in [2.24, 2.45) is 0 Å². The van der Waals surface area contributed by atoms with Gasteiger partial charge in [0.05, 0.1) is 35.7 Å². The number of unbranched alkanes of at least 4 members (excludes halogenated alkanes) is 3. The number of fused-ring (bicyclic) bond motifs is 2. The Morgan fingerprint density at radius 1 is 1.03 bits per heavy atom. The Hall–Kier alpha value is -3.84. The van der Waals surface area contributed by atoms with Gasteiger partial charge in [0, 0.05) is 6.20 Å². The van der Waals surface area contributed by atoms with Crippen molar-refractivity contribution in [3.63, 3.8) is 0 Å². The van der Waals surface area contributed by atoms with Crippen LogP contribution in [0.2, 0.25) is 5.02 Å². The summed E-state index contributed by atoms with van der Waals surface area (Å²) < 4.78 is 17.6. The summed E-state index contributed by atoms with van der Waals surface area (Å²) in [5.41, 5.74) is 1.02.